The molecule has 1 rings (SSSR count). The fourth-order valence-electron chi connectivity index (χ4n) is 12.4. The standard InChI is InChI=1S/C70H145N5O5/c1-6-11-16-21-26-31-36-41-46-66(76)61-73(58-60-75(64-69(79)49-44-39-34-29-24-19-14-9-4)65-70(80)50-45-40-35-30-25-20-15-10-5)57-55-71-51-53-72(54-52-71)56-59-74(62-67(77)47-42-37-32-27-22-17-12-7-2)63-68(78)48-43-38-33-28-23-18-13-8-3/h66-70,76-80H,6-65H2,1-5H3/t66-,67-,68-,69-,70-/m1/s1. The highest BCUT2D eigenvalue weighted by Gasteiger charge is 2.23. The van der Waals surface area contributed by atoms with Gasteiger partial charge in [-0.05, 0) is 32.1 Å². The predicted octanol–water partition coefficient (Wildman–Crippen LogP) is 16.0. The second kappa shape index (κ2) is 59.0. The molecule has 10 heteroatoms. The summed E-state index contributed by atoms with van der Waals surface area (Å²) in [5.41, 5.74) is 0. The fourth-order valence-corrected chi connectivity index (χ4v) is 12.4. The Morgan fingerprint density at radius 1 is 0.237 bits per heavy atom. The molecule has 5 atom stereocenters. The molecule has 0 saturated carbocycles. The summed E-state index contributed by atoms with van der Waals surface area (Å²) in [6.45, 7) is 24.0. The van der Waals surface area contributed by atoms with Gasteiger partial charge in [0.25, 0.3) is 0 Å². The molecule has 10 nitrogen and oxygen atoms in total. The Kier molecular flexibility index (Phi) is 57.2. The summed E-state index contributed by atoms with van der Waals surface area (Å²) >= 11 is 0. The van der Waals surface area contributed by atoms with Crippen LogP contribution in [0.3, 0.4) is 0 Å². The number of aliphatic hydroxyl groups is 5. The molecule has 0 unspecified atom stereocenters. The van der Waals surface area contributed by atoms with Gasteiger partial charge >= 0.3 is 0 Å². The summed E-state index contributed by atoms with van der Waals surface area (Å²) in [7, 11) is 0. The van der Waals surface area contributed by atoms with E-state index in [1.807, 2.05) is 0 Å². The van der Waals surface area contributed by atoms with Crippen LogP contribution in [0.2, 0.25) is 0 Å². The number of unbranched alkanes of at least 4 members (excludes halogenated alkanes) is 35. The molecule has 80 heavy (non-hydrogen) atoms. The minimum Gasteiger partial charge on any atom is -0.392 e. The van der Waals surface area contributed by atoms with E-state index in [1.54, 1.807) is 0 Å². The molecule has 0 aromatic heterocycles. The highest BCUT2D eigenvalue weighted by atomic mass is 16.3. The SMILES string of the molecule is CCCCCCCCCC[C@@H](O)CN(CCN1CCN(CCN(C[C@H](O)CCCCCCCCCC)C[C@H](O)CCCCCCCCCC)CC1)CCN(C[C@H](O)CCCCCCCCCC)C[C@H](O)CCCCCCCCCC. The van der Waals surface area contributed by atoms with E-state index < -0.39 is 0 Å². The molecule has 1 fully saturated rings. The Hall–Kier alpha value is -0.400. The van der Waals surface area contributed by atoms with Gasteiger partial charge in [0, 0.05) is 98.2 Å². The van der Waals surface area contributed by atoms with Crippen molar-refractivity contribution in [1.82, 2.24) is 24.5 Å². The highest BCUT2D eigenvalue weighted by Crippen LogP contribution is 2.18. The van der Waals surface area contributed by atoms with Gasteiger partial charge in [-0.15, -0.1) is 0 Å². The lowest BCUT2D eigenvalue weighted by atomic mass is 10.0. The maximum absolute atomic E-state index is 11.5. The zero-order valence-electron chi connectivity index (χ0n) is 54.8. The highest BCUT2D eigenvalue weighted by molar-refractivity contribution is 4.79. The third-order valence-electron chi connectivity index (χ3n) is 18.0. The first-order chi connectivity index (χ1) is 39.1. The third-order valence-corrected chi connectivity index (χ3v) is 18.0. The summed E-state index contributed by atoms with van der Waals surface area (Å²) in [4.78, 5) is 12.4. The molecule has 5 N–H and O–H groups in total. The predicted molar refractivity (Wildman–Crippen MR) is 348 cm³/mol. The van der Waals surface area contributed by atoms with E-state index in [2.05, 4.69) is 59.1 Å². The first-order valence-corrected chi connectivity index (χ1v) is 36.2. The van der Waals surface area contributed by atoms with E-state index in [9.17, 15) is 25.5 Å². The van der Waals surface area contributed by atoms with E-state index in [4.69, 9.17) is 0 Å². The normalized spacial score (nSPS) is 15.7. The van der Waals surface area contributed by atoms with Crippen LogP contribution < -0.4 is 0 Å². The van der Waals surface area contributed by atoms with Crippen LogP contribution in [0.25, 0.3) is 0 Å². The van der Waals surface area contributed by atoms with Gasteiger partial charge < -0.3 is 25.5 Å². The van der Waals surface area contributed by atoms with Gasteiger partial charge in [-0.2, -0.15) is 0 Å². The Bertz CT molecular complexity index is 1160. The number of aliphatic hydroxyl groups excluding tert-OH is 5. The van der Waals surface area contributed by atoms with Crippen molar-refractivity contribution < 1.29 is 25.5 Å². The summed E-state index contributed by atoms with van der Waals surface area (Å²) in [6, 6.07) is 0. The molecule has 1 heterocycles. The summed E-state index contributed by atoms with van der Waals surface area (Å²) in [5.74, 6) is 0. The zero-order valence-corrected chi connectivity index (χ0v) is 54.8. The minimum atomic E-state index is -0.385. The largest absolute Gasteiger partial charge is 0.392 e. The fraction of sp³-hybridized carbons (Fsp3) is 1.00. The average molecular weight is 1140 g/mol. The van der Waals surface area contributed by atoms with E-state index in [0.717, 1.165) is 130 Å². The van der Waals surface area contributed by atoms with Crippen LogP contribution in [-0.2, 0) is 0 Å². The molecule has 0 spiro atoms. The van der Waals surface area contributed by atoms with Crippen molar-refractivity contribution in [1.29, 1.82) is 0 Å². The molecule has 0 amide bonds. The molecule has 0 aromatic rings. The first-order valence-electron chi connectivity index (χ1n) is 36.2. The van der Waals surface area contributed by atoms with Gasteiger partial charge in [-0.1, -0.05) is 291 Å². The Morgan fingerprint density at radius 2 is 0.412 bits per heavy atom. The smallest absolute Gasteiger partial charge is 0.0667 e. The Balaban J connectivity index is 2.94. The molecule has 1 aliphatic rings. The van der Waals surface area contributed by atoms with Gasteiger partial charge in [0.2, 0.25) is 0 Å². The van der Waals surface area contributed by atoms with E-state index in [-0.39, 0.29) is 30.5 Å². The Labute approximate surface area is 500 Å². The van der Waals surface area contributed by atoms with Crippen LogP contribution >= 0.6 is 0 Å². The van der Waals surface area contributed by atoms with Crippen molar-refractivity contribution in [3.05, 3.63) is 0 Å². The molecule has 0 bridgehead atoms. The van der Waals surface area contributed by atoms with Crippen molar-refractivity contribution in [2.24, 2.45) is 0 Å². The second-order valence-electron chi connectivity index (χ2n) is 26.1. The molecule has 1 aliphatic heterocycles. The molecular formula is C70H145N5O5. The summed E-state index contributed by atoms with van der Waals surface area (Å²) < 4.78 is 0. The lowest BCUT2D eigenvalue weighted by Gasteiger charge is -2.37. The monoisotopic (exact) mass is 1140 g/mol. The first kappa shape index (κ1) is 77.6. The van der Waals surface area contributed by atoms with Gasteiger partial charge in [0.15, 0.2) is 0 Å². The van der Waals surface area contributed by atoms with Crippen LogP contribution in [0.1, 0.15) is 324 Å². The minimum absolute atomic E-state index is 0.342. The van der Waals surface area contributed by atoms with E-state index in [0.29, 0.717) is 32.7 Å². The maximum Gasteiger partial charge on any atom is 0.0667 e. The van der Waals surface area contributed by atoms with Crippen LogP contribution in [-0.4, -0.2) is 179 Å². The molecule has 0 radical (unpaired) electrons. The van der Waals surface area contributed by atoms with Crippen molar-refractivity contribution in [2.45, 2.75) is 354 Å². The quantitative estimate of drug-likeness (QED) is 0.0377. The van der Waals surface area contributed by atoms with Gasteiger partial charge in [0.05, 0.1) is 30.5 Å². The molecular weight excluding hydrogens is 991 g/mol. The lowest BCUT2D eigenvalue weighted by Crippen LogP contribution is -2.51. The van der Waals surface area contributed by atoms with Crippen molar-refractivity contribution in [3.63, 3.8) is 0 Å². The lowest BCUT2D eigenvalue weighted by molar-refractivity contribution is 0.0419. The Morgan fingerprint density at radius 3 is 0.650 bits per heavy atom. The summed E-state index contributed by atoms with van der Waals surface area (Å²) in [5, 5.41) is 56.9. The van der Waals surface area contributed by atoms with Crippen molar-refractivity contribution in [2.75, 3.05) is 98.2 Å². The van der Waals surface area contributed by atoms with E-state index >= 15 is 0 Å². The second-order valence-corrected chi connectivity index (χ2v) is 26.1. The van der Waals surface area contributed by atoms with Crippen LogP contribution in [0, 0.1) is 0 Å². The van der Waals surface area contributed by atoms with Crippen LogP contribution in [0.5, 0.6) is 0 Å². The molecule has 1 saturated heterocycles. The molecule has 0 aliphatic carbocycles. The molecule has 480 valence electrons. The van der Waals surface area contributed by atoms with Crippen LogP contribution in [0.4, 0.5) is 0 Å². The maximum atomic E-state index is 11.5. The van der Waals surface area contributed by atoms with Crippen molar-refractivity contribution >= 4 is 0 Å². The number of piperazine rings is 1. The van der Waals surface area contributed by atoms with Gasteiger partial charge in [0.1, 0.15) is 0 Å². The number of rotatable bonds is 64. The number of hydrogen-bond acceptors (Lipinski definition) is 10. The number of hydrogen-bond donors (Lipinski definition) is 5. The van der Waals surface area contributed by atoms with Gasteiger partial charge in [-0.3, -0.25) is 24.5 Å². The van der Waals surface area contributed by atoms with E-state index in [1.165, 1.54) is 225 Å². The molecule has 0 aromatic carbocycles. The number of nitrogens with zero attached hydrogens (tertiary/aromatic N) is 5. The zero-order chi connectivity index (χ0) is 58.2. The van der Waals surface area contributed by atoms with Crippen LogP contribution in [0.15, 0.2) is 0 Å². The van der Waals surface area contributed by atoms with Crippen molar-refractivity contribution in [3.8, 4) is 0 Å². The van der Waals surface area contributed by atoms with Gasteiger partial charge in [-0.25, -0.2) is 0 Å². The average Bonchev–Trinajstić information content (AvgIpc) is 3.44. The topological polar surface area (TPSA) is 117 Å². The third kappa shape index (κ3) is 50.9. The summed E-state index contributed by atoms with van der Waals surface area (Å²) in [6.07, 6.45) is 53.2.